The molecule has 2 aromatic carbocycles. The van der Waals surface area contributed by atoms with Gasteiger partial charge in [-0.1, -0.05) is 29.8 Å². The summed E-state index contributed by atoms with van der Waals surface area (Å²) in [5.41, 5.74) is 3.81. The van der Waals surface area contributed by atoms with Gasteiger partial charge in [0.05, 0.1) is 0 Å². The van der Waals surface area contributed by atoms with Crippen LogP contribution >= 0.6 is 0 Å². The minimum absolute atomic E-state index is 0.0205. The van der Waals surface area contributed by atoms with Gasteiger partial charge in [-0.05, 0) is 43.2 Å². The molecule has 0 spiro atoms. The largest absolute Gasteiger partial charge is 0.326 e. The lowest BCUT2D eigenvalue weighted by molar-refractivity contribution is -0.116. The Kier molecular flexibility index (Phi) is 5.31. The third kappa shape index (κ3) is 5.05. The first-order valence-electron chi connectivity index (χ1n) is 7.26. The van der Waals surface area contributed by atoms with E-state index in [-0.39, 0.29) is 11.8 Å². The Balaban J connectivity index is 1.83. The Morgan fingerprint density at radius 3 is 1.95 bits per heavy atom. The van der Waals surface area contributed by atoms with Gasteiger partial charge in [-0.3, -0.25) is 9.59 Å². The van der Waals surface area contributed by atoms with Gasteiger partial charge < -0.3 is 10.6 Å². The molecule has 2 rings (SSSR count). The van der Waals surface area contributed by atoms with Crippen LogP contribution in [0, 0.1) is 6.92 Å². The molecule has 0 saturated heterocycles. The highest BCUT2D eigenvalue weighted by atomic mass is 16.2. The van der Waals surface area contributed by atoms with Crippen LogP contribution in [-0.4, -0.2) is 11.8 Å². The molecule has 2 amide bonds. The third-order valence-electron chi connectivity index (χ3n) is 3.25. The summed E-state index contributed by atoms with van der Waals surface area (Å²) in [7, 11) is 0. The average molecular weight is 296 g/mol. The Morgan fingerprint density at radius 2 is 1.41 bits per heavy atom. The molecule has 0 aliphatic rings. The first kappa shape index (κ1) is 15.8. The van der Waals surface area contributed by atoms with Gasteiger partial charge in [-0.25, -0.2) is 0 Å². The van der Waals surface area contributed by atoms with Crippen molar-refractivity contribution in [3.8, 4) is 0 Å². The SMILES string of the molecule is CC(=O)Nc1ccc(NC(=O)CCc2ccc(C)cc2)cc1. The Labute approximate surface area is 130 Å². The van der Waals surface area contributed by atoms with Crippen LogP contribution in [0.1, 0.15) is 24.5 Å². The van der Waals surface area contributed by atoms with Crippen LogP contribution in [-0.2, 0) is 16.0 Å². The van der Waals surface area contributed by atoms with Crippen LogP contribution in [0.3, 0.4) is 0 Å². The molecule has 114 valence electrons. The fourth-order valence-corrected chi connectivity index (χ4v) is 2.08. The van der Waals surface area contributed by atoms with E-state index in [2.05, 4.69) is 10.6 Å². The Bertz CT molecular complexity index is 646. The number of aryl methyl sites for hydroxylation is 2. The van der Waals surface area contributed by atoms with Gasteiger partial charge in [-0.2, -0.15) is 0 Å². The van der Waals surface area contributed by atoms with Crippen LogP contribution in [0.25, 0.3) is 0 Å². The Hall–Kier alpha value is -2.62. The van der Waals surface area contributed by atoms with Crippen molar-refractivity contribution in [1.29, 1.82) is 0 Å². The van der Waals surface area contributed by atoms with E-state index in [9.17, 15) is 9.59 Å². The number of hydrogen-bond acceptors (Lipinski definition) is 2. The van der Waals surface area contributed by atoms with Crippen molar-refractivity contribution in [2.45, 2.75) is 26.7 Å². The average Bonchev–Trinajstić information content (AvgIpc) is 2.48. The van der Waals surface area contributed by atoms with Crippen LogP contribution in [0.15, 0.2) is 48.5 Å². The standard InChI is InChI=1S/C18H20N2O2/c1-13-3-5-15(6-4-13)7-12-18(22)20-17-10-8-16(9-11-17)19-14(2)21/h3-6,8-11H,7,12H2,1-2H3,(H,19,21)(H,20,22). The second-order valence-electron chi connectivity index (χ2n) is 5.29. The number of carbonyl (C=O) groups excluding carboxylic acids is 2. The Morgan fingerprint density at radius 1 is 0.864 bits per heavy atom. The maximum Gasteiger partial charge on any atom is 0.224 e. The summed E-state index contributed by atoms with van der Waals surface area (Å²) in [6.45, 7) is 3.50. The first-order valence-corrected chi connectivity index (χ1v) is 7.26. The van der Waals surface area contributed by atoms with Gasteiger partial charge >= 0.3 is 0 Å². The smallest absolute Gasteiger partial charge is 0.224 e. The van der Waals surface area contributed by atoms with Crippen molar-refractivity contribution in [3.05, 3.63) is 59.7 Å². The van der Waals surface area contributed by atoms with E-state index in [0.717, 1.165) is 17.7 Å². The topological polar surface area (TPSA) is 58.2 Å². The highest BCUT2D eigenvalue weighted by molar-refractivity contribution is 5.92. The lowest BCUT2D eigenvalue weighted by atomic mass is 10.1. The first-order chi connectivity index (χ1) is 10.5. The van der Waals surface area contributed by atoms with E-state index in [0.29, 0.717) is 12.1 Å². The monoisotopic (exact) mass is 296 g/mol. The number of benzene rings is 2. The predicted molar refractivity (Wildman–Crippen MR) is 88.9 cm³/mol. The summed E-state index contributed by atoms with van der Waals surface area (Å²) >= 11 is 0. The number of rotatable bonds is 5. The zero-order chi connectivity index (χ0) is 15.9. The number of amides is 2. The summed E-state index contributed by atoms with van der Waals surface area (Å²) in [4.78, 5) is 22.9. The van der Waals surface area contributed by atoms with Crippen molar-refractivity contribution in [1.82, 2.24) is 0 Å². The predicted octanol–water partition coefficient (Wildman–Crippen LogP) is 3.52. The van der Waals surface area contributed by atoms with Gasteiger partial charge in [0, 0.05) is 24.7 Å². The van der Waals surface area contributed by atoms with E-state index in [1.807, 2.05) is 31.2 Å². The fourth-order valence-electron chi connectivity index (χ4n) is 2.08. The van der Waals surface area contributed by atoms with E-state index >= 15 is 0 Å². The van der Waals surface area contributed by atoms with Gasteiger partial charge in [0.2, 0.25) is 11.8 Å². The number of nitrogens with one attached hydrogen (secondary N) is 2. The highest BCUT2D eigenvalue weighted by Gasteiger charge is 2.04. The van der Waals surface area contributed by atoms with Gasteiger partial charge in [0.15, 0.2) is 0 Å². The molecule has 0 atom stereocenters. The second-order valence-corrected chi connectivity index (χ2v) is 5.29. The van der Waals surface area contributed by atoms with E-state index in [1.54, 1.807) is 24.3 Å². The molecule has 0 bridgehead atoms. The summed E-state index contributed by atoms with van der Waals surface area (Å²) in [5.74, 6) is -0.136. The summed E-state index contributed by atoms with van der Waals surface area (Å²) in [6.07, 6.45) is 1.16. The minimum atomic E-state index is -0.116. The van der Waals surface area contributed by atoms with Crippen LogP contribution in [0.5, 0.6) is 0 Å². The normalized spacial score (nSPS) is 10.1. The van der Waals surface area contributed by atoms with Crippen LogP contribution < -0.4 is 10.6 Å². The summed E-state index contributed by atoms with van der Waals surface area (Å²) < 4.78 is 0. The van der Waals surface area contributed by atoms with Gasteiger partial charge in [0.1, 0.15) is 0 Å². The molecule has 4 heteroatoms. The van der Waals surface area contributed by atoms with E-state index < -0.39 is 0 Å². The third-order valence-corrected chi connectivity index (χ3v) is 3.25. The van der Waals surface area contributed by atoms with Crippen molar-refractivity contribution >= 4 is 23.2 Å². The number of carbonyl (C=O) groups is 2. The molecule has 0 unspecified atom stereocenters. The lowest BCUT2D eigenvalue weighted by Crippen LogP contribution is -2.12. The van der Waals surface area contributed by atoms with Crippen molar-refractivity contribution in [3.63, 3.8) is 0 Å². The molecular formula is C18H20N2O2. The zero-order valence-electron chi connectivity index (χ0n) is 12.8. The quantitative estimate of drug-likeness (QED) is 0.887. The van der Waals surface area contributed by atoms with Crippen LogP contribution in [0.2, 0.25) is 0 Å². The van der Waals surface area contributed by atoms with Crippen molar-refractivity contribution in [2.75, 3.05) is 10.6 Å². The molecule has 0 aliphatic heterocycles. The zero-order valence-corrected chi connectivity index (χ0v) is 12.8. The van der Waals surface area contributed by atoms with Gasteiger partial charge in [-0.15, -0.1) is 0 Å². The molecule has 0 aliphatic carbocycles. The second kappa shape index (κ2) is 7.41. The number of hydrogen-bond donors (Lipinski definition) is 2. The maximum absolute atomic E-state index is 11.9. The molecular weight excluding hydrogens is 276 g/mol. The maximum atomic E-state index is 11.9. The van der Waals surface area contributed by atoms with E-state index in [4.69, 9.17) is 0 Å². The number of anilines is 2. The van der Waals surface area contributed by atoms with Gasteiger partial charge in [0.25, 0.3) is 0 Å². The van der Waals surface area contributed by atoms with E-state index in [1.165, 1.54) is 12.5 Å². The lowest BCUT2D eigenvalue weighted by Gasteiger charge is -2.07. The highest BCUT2D eigenvalue weighted by Crippen LogP contribution is 2.14. The summed E-state index contributed by atoms with van der Waals surface area (Å²) in [6, 6.07) is 15.3. The fraction of sp³-hybridized carbons (Fsp3) is 0.222. The van der Waals surface area contributed by atoms with Crippen molar-refractivity contribution < 1.29 is 9.59 Å². The minimum Gasteiger partial charge on any atom is -0.326 e. The summed E-state index contributed by atoms with van der Waals surface area (Å²) in [5, 5.41) is 5.54. The van der Waals surface area contributed by atoms with Crippen LogP contribution in [0.4, 0.5) is 11.4 Å². The molecule has 0 saturated carbocycles. The molecule has 0 fully saturated rings. The molecule has 0 radical (unpaired) electrons. The molecule has 0 aromatic heterocycles. The molecule has 4 nitrogen and oxygen atoms in total. The van der Waals surface area contributed by atoms with Crippen molar-refractivity contribution in [2.24, 2.45) is 0 Å². The molecule has 0 heterocycles. The molecule has 22 heavy (non-hydrogen) atoms. The molecule has 2 aromatic rings. The molecule has 2 N–H and O–H groups in total.